The Kier molecular flexibility index (Phi) is 12.7. The van der Waals surface area contributed by atoms with Crippen LogP contribution in [0.4, 0.5) is 0 Å². The number of phenols is 1. The highest BCUT2D eigenvalue weighted by atomic mass is 32.1. The number of nitrogens with two attached hydrogens (primary N) is 2. The molecule has 0 aliphatic rings. The number of rotatable bonds is 15. The zero-order valence-electron chi connectivity index (χ0n) is 20.3. The first kappa shape index (κ1) is 30.7. The van der Waals surface area contributed by atoms with Crippen LogP contribution in [-0.4, -0.2) is 69.7 Å². The van der Waals surface area contributed by atoms with Gasteiger partial charge in [0.05, 0.1) is 6.04 Å². The van der Waals surface area contributed by atoms with Crippen molar-refractivity contribution in [2.45, 2.75) is 63.7 Å². The number of carboxylic acid groups (broad SMARTS) is 1. The second kappa shape index (κ2) is 14.9. The zero-order chi connectivity index (χ0) is 27.4. The third-order valence-electron chi connectivity index (χ3n) is 5.63. The summed E-state index contributed by atoms with van der Waals surface area (Å²) in [5.41, 5.74) is 11.4. The van der Waals surface area contributed by atoms with Crippen LogP contribution in [0, 0.1) is 5.92 Å². The molecule has 36 heavy (non-hydrogen) atoms. The van der Waals surface area contributed by atoms with Crippen molar-refractivity contribution in [3.63, 3.8) is 0 Å². The Balaban J connectivity index is 3.12. The highest BCUT2D eigenvalue weighted by molar-refractivity contribution is 7.80. The van der Waals surface area contributed by atoms with Gasteiger partial charge >= 0.3 is 5.97 Å². The lowest BCUT2D eigenvalue weighted by molar-refractivity contribution is -0.143. The van der Waals surface area contributed by atoms with Crippen LogP contribution in [0.25, 0.3) is 0 Å². The molecular weight excluding hydrogens is 490 g/mol. The minimum atomic E-state index is -1.38. The molecule has 0 saturated carbocycles. The molecule has 0 bridgehead atoms. The van der Waals surface area contributed by atoms with Crippen LogP contribution in [0.15, 0.2) is 24.3 Å². The molecule has 12 nitrogen and oxygen atoms in total. The molecule has 0 fully saturated rings. The van der Waals surface area contributed by atoms with E-state index in [4.69, 9.17) is 11.5 Å². The minimum absolute atomic E-state index is 0.0266. The quantitative estimate of drug-likeness (QED) is 0.133. The van der Waals surface area contributed by atoms with Gasteiger partial charge in [-0.25, -0.2) is 4.79 Å². The van der Waals surface area contributed by atoms with Gasteiger partial charge < -0.3 is 37.6 Å². The molecule has 0 radical (unpaired) electrons. The summed E-state index contributed by atoms with van der Waals surface area (Å²) in [7, 11) is 0. The fourth-order valence-corrected chi connectivity index (χ4v) is 3.37. The molecule has 0 aliphatic heterocycles. The van der Waals surface area contributed by atoms with Gasteiger partial charge in [-0.1, -0.05) is 32.4 Å². The average molecular weight is 526 g/mol. The number of carbonyl (C=O) groups excluding carboxylic acids is 4. The maximum Gasteiger partial charge on any atom is 0.326 e. The van der Waals surface area contributed by atoms with E-state index in [1.165, 1.54) is 12.1 Å². The number of primary amides is 1. The predicted octanol–water partition coefficient (Wildman–Crippen LogP) is -0.958. The Morgan fingerprint density at radius 2 is 1.56 bits per heavy atom. The van der Waals surface area contributed by atoms with Gasteiger partial charge in [-0.3, -0.25) is 19.2 Å². The van der Waals surface area contributed by atoms with Crippen LogP contribution in [0.3, 0.4) is 0 Å². The predicted molar refractivity (Wildman–Crippen MR) is 135 cm³/mol. The van der Waals surface area contributed by atoms with E-state index in [-0.39, 0.29) is 30.8 Å². The van der Waals surface area contributed by atoms with E-state index in [9.17, 15) is 34.2 Å². The molecule has 9 N–H and O–H groups in total. The molecule has 0 saturated heterocycles. The summed E-state index contributed by atoms with van der Waals surface area (Å²) in [4.78, 5) is 61.2. The zero-order valence-corrected chi connectivity index (χ0v) is 21.2. The van der Waals surface area contributed by atoms with E-state index in [2.05, 4.69) is 28.6 Å². The molecule has 0 aromatic heterocycles. The number of phenolic OH excluding ortho intramolecular Hbond substituents is 1. The van der Waals surface area contributed by atoms with E-state index in [1.54, 1.807) is 26.0 Å². The van der Waals surface area contributed by atoms with Crippen molar-refractivity contribution in [2.75, 3.05) is 5.75 Å². The van der Waals surface area contributed by atoms with Gasteiger partial charge in [-0.15, -0.1) is 0 Å². The summed E-state index contributed by atoms with van der Waals surface area (Å²) >= 11 is 4.00. The van der Waals surface area contributed by atoms with Gasteiger partial charge in [0.1, 0.15) is 23.9 Å². The maximum absolute atomic E-state index is 13.2. The van der Waals surface area contributed by atoms with Crippen molar-refractivity contribution >= 4 is 42.2 Å². The lowest BCUT2D eigenvalue weighted by Crippen LogP contribution is -2.59. The number of aliphatic carboxylic acids is 1. The number of nitrogens with one attached hydrogen (secondary N) is 3. The molecule has 1 rings (SSSR count). The van der Waals surface area contributed by atoms with E-state index in [0.717, 1.165) is 0 Å². The van der Waals surface area contributed by atoms with E-state index >= 15 is 0 Å². The lowest BCUT2D eigenvalue weighted by atomic mass is 9.96. The van der Waals surface area contributed by atoms with Gasteiger partial charge in [0.15, 0.2) is 0 Å². The van der Waals surface area contributed by atoms with Crippen molar-refractivity contribution in [3.05, 3.63) is 29.8 Å². The lowest BCUT2D eigenvalue weighted by Gasteiger charge is -2.28. The molecular formula is C23H35N5O7S. The van der Waals surface area contributed by atoms with Crippen molar-refractivity contribution in [1.82, 2.24) is 16.0 Å². The molecule has 13 heteroatoms. The summed E-state index contributed by atoms with van der Waals surface area (Å²) in [5.74, 6) is -4.46. The van der Waals surface area contributed by atoms with E-state index in [1.807, 2.05) is 0 Å². The van der Waals surface area contributed by atoms with Crippen molar-refractivity contribution in [1.29, 1.82) is 0 Å². The molecule has 0 spiro atoms. The number of benzene rings is 1. The molecule has 0 heterocycles. The van der Waals surface area contributed by atoms with Crippen LogP contribution < -0.4 is 27.4 Å². The number of thiol groups is 1. The van der Waals surface area contributed by atoms with Crippen molar-refractivity contribution in [3.8, 4) is 5.75 Å². The Labute approximate surface area is 215 Å². The molecule has 5 unspecified atom stereocenters. The fraction of sp³-hybridized carbons (Fsp3) is 0.522. The second-order valence-corrected chi connectivity index (χ2v) is 8.86. The molecule has 1 aromatic rings. The molecule has 1 aromatic carbocycles. The SMILES string of the molecule is CCC(C)C(NC(=O)C(Cc1ccc(O)cc1)NC(=O)C(N)CS)C(=O)NC(CCC(N)=O)C(=O)O. The Bertz CT molecular complexity index is 928. The van der Waals surface area contributed by atoms with Crippen molar-refractivity contribution < 1.29 is 34.2 Å². The standard InChI is InChI=1S/C23H35N5O7S/c1-3-12(2)19(22(33)26-16(23(34)35)8-9-18(25)30)28-21(32)17(27-20(31)15(24)11-36)10-13-4-6-14(29)7-5-13/h4-7,12,15-17,19,29,36H,3,8-11,24H2,1-2H3,(H2,25,30)(H,26,33)(H,27,31)(H,28,32)(H,34,35). The number of amides is 4. The summed E-state index contributed by atoms with van der Waals surface area (Å²) in [5, 5.41) is 26.4. The minimum Gasteiger partial charge on any atom is -0.508 e. The number of carbonyl (C=O) groups is 5. The van der Waals surface area contributed by atoms with Crippen LogP contribution in [0.5, 0.6) is 5.75 Å². The summed E-state index contributed by atoms with van der Waals surface area (Å²) in [6.07, 6.45) is 0.0434. The molecule has 4 amide bonds. The molecule has 5 atom stereocenters. The van der Waals surface area contributed by atoms with Crippen LogP contribution in [0.1, 0.15) is 38.7 Å². The summed E-state index contributed by atoms with van der Waals surface area (Å²) in [6.45, 7) is 3.49. The van der Waals surface area contributed by atoms with E-state index < -0.39 is 59.7 Å². The van der Waals surface area contributed by atoms with Crippen LogP contribution in [-0.2, 0) is 30.4 Å². The summed E-state index contributed by atoms with van der Waals surface area (Å²) in [6, 6.07) is 1.41. The highest BCUT2D eigenvalue weighted by Crippen LogP contribution is 2.13. The van der Waals surface area contributed by atoms with Gasteiger partial charge in [-0.2, -0.15) is 12.6 Å². The largest absolute Gasteiger partial charge is 0.508 e. The number of carboxylic acids is 1. The van der Waals surface area contributed by atoms with E-state index in [0.29, 0.717) is 12.0 Å². The number of hydrogen-bond donors (Lipinski definition) is 8. The van der Waals surface area contributed by atoms with Gasteiger partial charge in [0.2, 0.25) is 23.6 Å². The molecule has 0 aliphatic carbocycles. The third kappa shape index (κ3) is 10.1. The first-order valence-electron chi connectivity index (χ1n) is 11.5. The first-order valence-corrected chi connectivity index (χ1v) is 12.1. The monoisotopic (exact) mass is 525 g/mol. The van der Waals surface area contributed by atoms with Crippen LogP contribution in [0.2, 0.25) is 0 Å². The third-order valence-corrected chi connectivity index (χ3v) is 6.02. The number of hydrogen-bond acceptors (Lipinski definition) is 8. The van der Waals surface area contributed by atoms with Gasteiger partial charge in [-0.05, 0) is 30.0 Å². The Morgan fingerprint density at radius 1 is 0.972 bits per heavy atom. The Hall–Kier alpha value is -3.32. The summed E-state index contributed by atoms with van der Waals surface area (Å²) < 4.78 is 0. The van der Waals surface area contributed by atoms with Crippen LogP contribution >= 0.6 is 12.6 Å². The smallest absolute Gasteiger partial charge is 0.326 e. The van der Waals surface area contributed by atoms with Crippen molar-refractivity contribution in [2.24, 2.45) is 17.4 Å². The topological polar surface area (TPSA) is 214 Å². The highest BCUT2D eigenvalue weighted by Gasteiger charge is 2.32. The number of aromatic hydroxyl groups is 1. The average Bonchev–Trinajstić information content (AvgIpc) is 2.84. The molecule has 200 valence electrons. The fourth-order valence-electron chi connectivity index (χ4n) is 3.20. The second-order valence-electron chi connectivity index (χ2n) is 8.50. The maximum atomic E-state index is 13.2. The first-order chi connectivity index (χ1) is 16.9. The normalized spacial score (nSPS) is 15.0. The van der Waals surface area contributed by atoms with Gasteiger partial charge in [0, 0.05) is 18.6 Å². The van der Waals surface area contributed by atoms with Gasteiger partial charge in [0.25, 0.3) is 0 Å². The Morgan fingerprint density at radius 3 is 2.06 bits per heavy atom.